The molecule has 0 bridgehead atoms. The zero-order chi connectivity index (χ0) is 11.5. The minimum absolute atomic E-state index is 0.0334. The third kappa shape index (κ3) is 4.29. The second-order valence-corrected chi connectivity index (χ2v) is 4.46. The first-order valence-electron chi connectivity index (χ1n) is 4.99. The van der Waals surface area contributed by atoms with Crippen LogP contribution in [-0.2, 0) is 14.3 Å². The molecular weight excluding hydrogens is 198 g/mol. The van der Waals surface area contributed by atoms with E-state index >= 15 is 0 Å². The number of hydrogen-bond donors (Lipinski definition) is 1. The van der Waals surface area contributed by atoms with Gasteiger partial charge in [0, 0.05) is 6.42 Å². The summed E-state index contributed by atoms with van der Waals surface area (Å²) in [6.45, 7) is 5.98. The number of carbonyl (C=O) groups is 2. The number of amides is 1. The molecule has 0 saturated carbocycles. The summed E-state index contributed by atoms with van der Waals surface area (Å²) in [5.41, 5.74) is -0.523. The summed E-state index contributed by atoms with van der Waals surface area (Å²) < 4.78 is 10.1. The number of ketones is 1. The lowest BCUT2D eigenvalue weighted by molar-refractivity contribution is -0.122. The number of carbonyl (C=O) groups excluding carboxylic acids is 2. The molecule has 1 rings (SSSR count). The van der Waals surface area contributed by atoms with Crippen LogP contribution in [-0.4, -0.2) is 36.7 Å². The molecule has 1 amide bonds. The summed E-state index contributed by atoms with van der Waals surface area (Å²) in [7, 11) is 0. The maximum absolute atomic E-state index is 11.2. The van der Waals surface area contributed by atoms with Crippen molar-refractivity contribution in [1.82, 2.24) is 5.32 Å². The molecule has 0 aromatic rings. The minimum atomic E-state index is -0.523. The van der Waals surface area contributed by atoms with Crippen LogP contribution < -0.4 is 5.32 Å². The van der Waals surface area contributed by atoms with Crippen molar-refractivity contribution in [3.8, 4) is 0 Å². The van der Waals surface area contributed by atoms with Crippen LogP contribution in [0.5, 0.6) is 0 Å². The Kier molecular flexibility index (Phi) is 3.68. The van der Waals surface area contributed by atoms with E-state index in [1.165, 1.54) is 0 Å². The van der Waals surface area contributed by atoms with E-state index in [1.807, 2.05) is 0 Å². The molecule has 0 radical (unpaired) electrons. The number of ether oxygens (including phenoxy) is 2. The number of alkyl carbamates (subject to hydrolysis) is 1. The van der Waals surface area contributed by atoms with E-state index < -0.39 is 17.8 Å². The normalized spacial score (nSPS) is 21.5. The van der Waals surface area contributed by atoms with Crippen molar-refractivity contribution in [1.29, 1.82) is 0 Å². The van der Waals surface area contributed by atoms with Crippen LogP contribution in [0.15, 0.2) is 0 Å². The van der Waals surface area contributed by atoms with Gasteiger partial charge in [-0.1, -0.05) is 0 Å². The fraction of sp³-hybridized carbons (Fsp3) is 0.800. The number of Topliss-reactive ketones (excluding diaryl/α,β-unsaturated/α-hetero) is 1. The predicted octanol–water partition coefficient (Wildman–Crippen LogP) is 0.869. The van der Waals surface area contributed by atoms with E-state index in [0.29, 0.717) is 13.0 Å². The molecule has 15 heavy (non-hydrogen) atoms. The van der Waals surface area contributed by atoms with Gasteiger partial charge < -0.3 is 14.8 Å². The lowest BCUT2D eigenvalue weighted by atomic mass is 10.2. The predicted molar refractivity (Wildman–Crippen MR) is 53.6 cm³/mol. The summed E-state index contributed by atoms with van der Waals surface area (Å²) >= 11 is 0. The smallest absolute Gasteiger partial charge is 0.407 e. The Morgan fingerprint density at radius 3 is 2.73 bits per heavy atom. The Hall–Kier alpha value is -1.10. The van der Waals surface area contributed by atoms with E-state index in [9.17, 15) is 9.59 Å². The molecule has 0 spiro atoms. The molecule has 1 fully saturated rings. The molecule has 86 valence electrons. The highest BCUT2D eigenvalue weighted by atomic mass is 16.6. The summed E-state index contributed by atoms with van der Waals surface area (Å²) in [6.07, 6.45) is -0.593. The van der Waals surface area contributed by atoms with Gasteiger partial charge in [-0.15, -0.1) is 0 Å². The highest BCUT2D eigenvalue weighted by molar-refractivity contribution is 5.85. The van der Waals surface area contributed by atoms with Crippen LogP contribution >= 0.6 is 0 Å². The van der Waals surface area contributed by atoms with Gasteiger partial charge in [-0.25, -0.2) is 4.79 Å². The molecule has 1 heterocycles. The quantitative estimate of drug-likeness (QED) is 0.742. The van der Waals surface area contributed by atoms with Crippen LogP contribution in [0.4, 0.5) is 4.79 Å². The molecule has 1 aliphatic rings. The second-order valence-electron chi connectivity index (χ2n) is 4.46. The molecule has 1 aliphatic heterocycles. The fourth-order valence-corrected chi connectivity index (χ4v) is 1.22. The van der Waals surface area contributed by atoms with E-state index in [-0.39, 0.29) is 12.3 Å². The van der Waals surface area contributed by atoms with Crippen molar-refractivity contribution in [2.24, 2.45) is 0 Å². The molecule has 0 aromatic carbocycles. The average Bonchev–Trinajstić information content (AvgIpc) is 2.44. The van der Waals surface area contributed by atoms with Crippen LogP contribution in [0.1, 0.15) is 27.2 Å². The van der Waals surface area contributed by atoms with Gasteiger partial charge in [-0.05, 0) is 20.8 Å². The van der Waals surface area contributed by atoms with Crippen molar-refractivity contribution >= 4 is 11.9 Å². The maximum Gasteiger partial charge on any atom is 0.407 e. The lowest BCUT2D eigenvalue weighted by Gasteiger charge is -2.20. The van der Waals surface area contributed by atoms with Crippen molar-refractivity contribution < 1.29 is 19.1 Å². The van der Waals surface area contributed by atoms with Crippen LogP contribution in [0.25, 0.3) is 0 Å². The Balaban J connectivity index is 2.25. The van der Waals surface area contributed by atoms with Gasteiger partial charge in [0.05, 0.1) is 13.2 Å². The monoisotopic (exact) mass is 215 g/mol. The van der Waals surface area contributed by atoms with Crippen molar-refractivity contribution in [2.75, 3.05) is 13.2 Å². The maximum atomic E-state index is 11.2. The number of hydrogen-bond acceptors (Lipinski definition) is 4. The number of nitrogens with one attached hydrogen (secondary N) is 1. The molecule has 0 aromatic heterocycles. The zero-order valence-electron chi connectivity index (χ0n) is 9.33. The van der Waals surface area contributed by atoms with Crippen LogP contribution in [0, 0.1) is 0 Å². The summed E-state index contributed by atoms with van der Waals surface area (Å²) in [4.78, 5) is 22.4. The van der Waals surface area contributed by atoms with Crippen molar-refractivity contribution in [2.45, 2.75) is 38.9 Å². The molecule has 1 saturated heterocycles. The lowest BCUT2D eigenvalue weighted by Crippen LogP contribution is -2.38. The Morgan fingerprint density at radius 2 is 2.27 bits per heavy atom. The molecule has 5 heteroatoms. The highest BCUT2D eigenvalue weighted by Gasteiger charge is 2.26. The Labute approximate surface area is 89.1 Å². The Morgan fingerprint density at radius 1 is 1.60 bits per heavy atom. The van der Waals surface area contributed by atoms with Gasteiger partial charge in [0.15, 0.2) is 5.78 Å². The van der Waals surface area contributed by atoms with Gasteiger partial charge in [0.1, 0.15) is 11.7 Å². The standard InChI is InChI=1S/C10H17NO4/c1-10(2,3)15-9(13)11-6-8-7(12)4-5-14-8/h8H,4-6H2,1-3H3,(H,11,13). The minimum Gasteiger partial charge on any atom is -0.444 e. The van der Waals surface area contributed by atoms with Crippen LogP contribution in [0.2, 0.25) is 0 Å². The molecule has 0 aliphatic carbocycles. The highest BCUT2D eigenvalue weighted by Crippen LogP contribution is 2.08. The van der Waals surface area contributed by atoms with Crippen molar-refractivity contribution in [3.05, 3.63) is 0 Å². The number of rotatable bonds is 2. The summed E-state index contributed by atoms with van der Waals surface area (Å²) in [6, 6.07) is 0. The molecule has 5 nitrogen and oxygen atoms in total. The summed E-state index contributed by atoms with van der Waals surface area (Å²) in [5, 5.41) is 2.50. The third-order valence-corrected chi connectivity index (χ3v) is 1.86. The van der Waals surface area contributed by atoms with Crippen molar-refractivity contribution in [3.63, 3.8) is 0 Å². The molecular formula is C10H17NO4. The van der Waals surface area contributed by atoms with E-state index in [0.717, 1.165) is 0 Å². The molecule has 1 N–H and O–H groups in total. The first-order chi connectivity index (χ1) is 6.88. The molecule has 1 unspecified atom stereocenters. The fourth-order valence-electron chi connectivity index (χ4n) is 1.22. The van der Waals surface area contributed by atoms with Gasteiger partial charge in [-0.3, -0.25) is 4.79 Å². The van der Waals surface area contributed by atoms with Crippen LogP contribution in [0.3, 0.4) is 0 Å². The Bertz CT molecular complexity index is 257. The zero-order valence-corrected chi connectivity index (χ0v) is 9.33. The third-order valence-electron chi connectivity index (χ3n) is 1.86. The van der Waals surface area contributed by atoms with E-state index in [1.54, 1.807) is 20.8 Å². The molecule has 1 atom stereocenters. The topological polar surface area (TPSA) is 64.6 Å². The van der Waals surface area contributed by atoms with E-state index in [4.69, 9.17) is 9.47 Å². The van der Waals surface area contributed by atoms with E-state index in [2.05, 4.69) is 5.32 Å². The largest absolute Gasteiger partial charge is 0.444 e. The SMILES string of the molecule is CC(C)(C)OC(=O)NCC1OCCC1=O. The first kappa shape index (κ1) is 12.0. The average molecular weight is 215 g/mol. The van der Waals surface area contributed by atoms with Gasteiger partial charge in [0.25, 0.3) is 0 Å². The second kappa shape index (κ2) is 4.61. The summed E-state index contributed by atoms with van der Waals surface area (Å²) in [5.74, 6) is 0.0334. The van der Waals surface area contributed by atoms with Gasteiger partial charge in [0.2, 0.25) is 0 Å². The first-order valence-corrected chi connectivity index (χ1v) is 4.99. The van der Waals surface area contributed by atoms with Gasteiger partial charge >= 0.3 is 6.09 Å². The van der Waals surface area contributed by atoms with Gasteiger partial charge in [-0.2, -0.15) is 0 Å².